The minimum Gasteiger partial charge on any atom is -0.0882 e. The van der Waals surface area contributed by atoms with Gasteiger partial charge in [-0.3, -0.25) is 0 Å². The fourth-order valence-electron chi connectivity index (χ4n) is 3.81. The highest BCUT2D eigenvalue weighted by Gasteiger charge is 2.47. The molecule has 15 heavy (non-hydrogen) atoms. The lowest BCUT2D eigenvalue weighted by molar-refractivity contribution is 0.218. The van der Waals surface area contributed by atoms with E-state index in [4.69, 9.17) is 0 Å². The first-order valence-corrected chi connectivity index (χ1v) is 6.90. The van der Waals surface area contributed by atoms with E-state index < -0.39 is 0 Å². The topological polar surface area (TPSA) is 0 Å². The summed E-state index contributed by atoms with van der Waals surface area (Å²) in [7, 11) is 0. The minimum atomic E-state index is 0.929. The Labute approximate surface area is 95.1 Å². The van der Waals surface area contributed by atoms with E-state index in [9.17, 15) is 0 Å². The third-order valence-corrected chi connectivity index (χ3v) is 5.06. The molecule has 0 aromatic carbocycles. The minimum absolute atomic E-state index is 0.929. The molecular weight excluding hydrogens is 180 g/mol. The number of unbranched alkanes of at least 4 members (excludes halogenated alkanes) is 2. The highest BCUT2D eigenvalue weighted by molar-refractivity contribution is 5.04. The molecular formula is C15H26. The predicted octanol–water partition coefficient (Wildman–Crippen LogP) is 4.66. The third-order valence-electron chi connectivity index (χ3n) is 5.06. The average molecular weight is 206 g/mol. The molecule has 5 unspecified atom stereocenters. The normalized spacial score (nSPS) is 44.3. The van der Waals surface area contributed by atoms with Gasteiger partial charge in [0.1, 0.15) is 0 Å². The van der Waals surface area contributed by atoms with Gasteiger partial charge in [0, 0.05) is 0 Å². The molecule has 0 saturated heterocycles. The van der Waals surface area contributed by atoms with Crippen LogP contribution in [0.4, 0.5) is 0 Å². The molecule has 0 aromatic heterocycles. The highest BCUT2D eigenvalue weighted by Crippen LogP contribution is 2.55. The van der Waals surface area contributed by atoms with E-state index in [-0.39, 0.29) is 0 Å². The van der Waals surface area contributed by atoms with Crippen molar-refractivity contribution in [2.75, 3.05) is 0 Å². The van der Waals surface area contributed by atoms with E-state index in [0.29, 0.717) is 0 Å². The summed E-state index contributed by atoms with van der Waals surface area (Å²) in [6.07, 6.45) is 12.0. The second-order valence-electron chi connectivity index (χ2n) is 5.85. The van der Waals surface area contributed by atoms with Crippen molar-refractivity contribution in [1.82, 2.24) is 0 Å². The molecule has 0 nitrogen and oxygen atoms in total. The number of fused-ring (bicyclic) bond motifs is 2. The van der Waals surface area contributed by atoms with Crippen LogP contribution in [0.3, 0.4) is 0 Å². The number of hydrogen-bond acceptors (Lipinski definition) is 0. The summed E-state index contributed by atoms with van der Waals surface area (Å²) in [6, 6.07) is 0. The van der Waals surface area contributed by atoms with E-state index in [0.717, 1.165) is 29.6 Å². The summed E-state index contributed by atoms with van der Waals surface area (Å²) >= 11 is 0. The first kappa shape index (κ1) is 11.2. The van der Waals surface area contributed by atoms with Gasteiger partial charge >= 0.3 is 0 Å². The van der Waals surface area contributed by atoms with Gasteiger partial charge in [-0.1, -0.05) is 45.8 Å². The lowest BCUT2D eigenvalue weighted by Gasteiger charge is -2.30. The molecule has 0 aliphatic heterocycles. The summed E-state index contributed by atoms with van der Waals surface area (Å²) in [6.45, 7) is 7.21. The van der Waals surface area contributed by atoms with Crippen LogP contribution in [0, 0.1) is 29.6 Å². The molecule has 2 bridgehead atoms. The van der Waals surface area contributed by atoms with Gasteiger partial charge in [0.25, 0.3) is 0 Å². The summed E-state index contributed by atoms with van der Waals surface area (Å²) in [5.74, 6) is 4.96. The van der Waals surface area contributed by atoms with E-state index in [1.165, 1.54) is 32.1 Å². The Balaban J connectivity index is 1.84. The lowest BCUT2D eigenvalue weighted by atomic mass is 9.75. The largest absolute Gasteiger partial charge is 0.0882 e. The molecule has 2 aliphatic carbocycles. The van der Waals surface area contributed by atoms with Crippen LogP contribution in [0.2, 0.25) is 0 Å². The molecule has 2 aliphatic rings. The molecule has 0 radical (unpaired) electrons. The molecule has 2 saturated carbocycles. The molecule has 0 heterocycles. The zero-order valence-corrected chi connectivity index (χ0v) is 10.6. The molecule has 0 N–H and O–H groups in total. The second-order valence-corrected chi connectivity index (χ2v) is 5.85. The Morgan fingerprint density at radius 2 is 1.93 bits per heavy atom. The summed E-state index contributed by atoms with van der Waals surface area (Å²) in [4.78, 5) is 0. The van der Waals surface area contributed by atoms with E-state index in [2.05, 4.69) is 32.9 Å². The molecule has 0 spiro atoms. The van der Waals surface area contributed by atoms with Crippen molar-refractivity contribution in [2.45, 2.75) is 52.9 Å². The maximum Gasteiger partial charge on any atom is -0.0200 e. The Kier molecular flexibility index (Phi) is 3.53. The average Bonchev–Trinajstić information content (AvgIpc) is 2.75. The number of allylic oxidation sites excluding steroid dienone is 2. The van der Waals surface area contributed by atoms with Gasteiger partial charge in [0.15, 0.2) is 0 Å². The van der Waals surface area contributed by atoms with Crippen LogP contribution in [0.5, 0.6) is 0 Å². The first-order valence-electron chi connectivity index (χ1n) is 6.90. The van der Waals surface area contributed by atoms with Crippen LogP contribution in [0.15, 0.2) is 12.2 Å². The highest BCUT2D eigenvalue weighted by atomic mass is 14.5. The van der Waals surface area contributed by atoms with Crippen molar-refractivity contribution in [1.29, 1.82) is 0 Å². The fraction of sp³-hybridized carbons (Fsp3) is 0.867. The molecule has 2 rings (SSSR count). The van der Waals surface area contributed by atoms with Crippen LogP contribution in [0.1, 0.15) is 52.9 Å². The van der Waals surface area contributed by atoms with Crippen LogP contribution in [-0.4, -0.2) is 0 Å². The first-order chi connectivity index (χ1) is 7.24. The maximum atomic E-state index is 2.54. The smallest absolute Gasteiger partial charge is 0.0200 e. The molecule has 5 atom stereocenters. The Morgan fingerprint density at radius 1 is 1.13 bits per heavy atom. The Bertz CT molecular complexity index is 226. The molecule has 86 valence electrons. The Morgan fingerprint density at radius 3 is 2.53 bits per heavy atom. The number of rotatable bonds is 4. The van der Waals surface area contributed by atoms with Crippen molar-refractivity contribution >= 4 is 0 Å². The van der Waals surface area contributed by atoms with Crippen molar-refractivity contribution in [3.05, 3.63) is 12.2 Å². The lowest BCUT2D eigenvalue weighted by Crippen LogP contribution is -2.23. The quantitative estimate of drug-likeness (QED) is 0.463. The SMILES string of the molecule is CCCC/C=C/C1CC2CC1C(C)C2C. The molecule has 0 heteroatoms. The fourth-order valence-corrected chi connectivity index (χ4v) is 3.81. The standard InChI is InChI=1S/C15H26/c1-4-5-6-7-8-13-9-14-10-15(13)12(3)11(14)2/h7-8,11-15H,4-6,9-10H2,1-3H3/b8-7+. The van der Waals surface area contributed by atoms with Gasteiger partial charge < -0.3 is 0 Å². The van der Waals surface area contributed by atoms with Crippen LogP contribution in [0.25, 0.3) is 0 Å². The van der Waals surface area contributed by atoms with Crippen molar-refractivity contribution in [3.8, 4) is 0 Å². The summed E-state index contributed by atoms with van der Waals surface area (Å²) < 4.78 is 0. The zero-order valence-electron chi connectivity index (χ0n) is 10.6. The summed E-state index contributed by atoms with van der Waals surface area (Å²) in [5.41, 5.74) is 0. The van der Waals surface area contributed by atoms with Gasteiger partial charge in [-0.05, 0) is 48.9 Å². The number of hydrogen-bond donors (Lipinski definition) is 0. The third kappa shape index (κ3) is 2.14. The van der Waals surface area contributed by atoms with E-state index in [1.54, 1.807) is 0 Å². The van der Waals surface area contributed by atoms with Gasteiger partial charge in [-0.25, -0.2) is 0 Å². The summed E-state index contributed by atoms with van der Waals surface area (Å²) in [5, 5.41) is 0. The van der Waals surface area contributed by atoms with E-state index in [1.807, 2.05) is 0 Å². The molecule has 2 fully saturated rings. The van der Waals surface area contributed by atoms with Crippen molar-refractivity contribution in [3.63, 3.8) is 0 Å². The molecule has 0 aromatic rings. The van der Waals surface area contributed by atoms with Crippen LogP contribution >= 0.6 is 0 Å². The van der Waals surface area contributed by atoms with Crippen LogP contribution < -0.4 is 0 Å². The van der Waals surface area contributed by atoms with Crippen molar-refractivity contribution in [2.24, 2.45) is 29.6 Å². The van der Waals surface area contributed by atoms with Gasteiger partial charge in [-0.2, -0.15) is 0 Å². The van der Waals surface area contributed by atoms with E-state index >= 15 is 0 Å². The van der Waals surface area contributed by atoms with Crippen molar-refractivity contribution < 1.29 is 0 Å². The zero-order chi connectivity index (χ0) is 10.8. The van der Waals surface area contributed by atoms with Gasteiger partial charge in [-0.15, -0.1) is 0 Å². The molecule has 0 amide bonds. The monoisotopic (exact) mass is 206 g/mol. The predicted molar refractivity (Wildman–Crippen MR) is 66.7 cm³/mol. The second kappa shape index (κ2) is 4.72. The van der Waals surface area contributed by atoms with Gasteiger partial charge in [0.05, 0.1) is 0 Å². The Hall–Kier alpha value is -0.260. The maximum absolute atomic E-state index is 2.54. The van der Waals surface area contributed by atoms with Crippen LogP contribution in [-0.2, 0) is 0 Å². The van der Waals surface area contributed by atoms with Gasteiger partial charge in [0.2, 0.25) is 0 Å².